The summed E-state index contributed by atoms with van der Waals surface area (Å²) in [7, 11) is 0. The number of pyridine rings is 1. The summed E-state index contributed by atoms with van der Waals surface area (Å²) >= 11 is 0. The number of hydrogen-bond acceptors (Lipinski definition) is 8. The van der Waals surface area contributed by atoms with Crippen molar-refractivity contribution >= 4 is 28.5 Å². The molecule has 5 aromatic rings. The topological polar surface area (TPSA) is 128 Å². The number of benzene rings is 1. The Bertz CT molecular complexity index is 1730. The molecule has 5 heterocycles. The van der Waals surface area contributed by atoms with Gasteiger partial charge in [-0.15, -0.1) is 0 Å². The van der Waals surface area contributed by atoms with Crippen LogP contribution in [-0.4, -0.2) is 46.4 Å². The van der Waals surface area contributed by atoms with E-state index in [-0.39, 0.29) is 47.8 Å². The molecule has 0 bridgehead atoms. The SMILES string of the molecule is CC1(C)C(=O)Nc2nc(-c3nn(Cc4ccccc4F)c4ncccc34)nc(C(=O)Cc3cnccn3)c21. The summed E-state index contributed by atoms with van der Waals surface area (Å²) in [6, 6.07) is 10.00. The monoisotopic (exact) mass is 508 g/mol. The van der Waals surface area contributed by atoms with E-state index in [1.165, 1.54) is 24.7 Å². The van der Waals surface area contributed by atoms with Crippen molar-refractivity contribution in [1.29, 1.82) is 0 Å². The van der Waals surface area contributed by atoms with E-state index < -0.39 is 5.41 Å². The van der Waals surface area contributed by atoms with E-state index >= 15 is 0 Å². The lowest BCUT2D eigenvalue weighted by atomic mass is 9.84. The van der Waals surface area contributed by atoms with Crippen LogP contribution in [0.3, 0.4) is 0 Å². The van der Waals surface area contributed by atoms with Crippen LogP contribution in [0.2, 0.25) is 0 Å². The number of halogens is 1. The van der Waals surface area contributed by atoms with E-state index in [0.29, 0.717) is 33.5 Å². The predicted molar refractivity (Wildman–Crippen MR) is 136 cm³/mol. The number of rotatable bonds is 6. The highest BCUT2D eigenvalue weighted by molar-refractivity contribution is 6.10. The molecule has 0 saturated heterocycles. The summed E-state index contributed by atoms with van der Waals surface area (Å²) < 4.78 is 16.0. The van der Waals surface area contributed by atoms with Crippen LogP contribution in [0, 0.1) is 5.82 Å². The van der Waals surface area contributed by atoms with Gasteiger partial charge < -0.3 is 5.32 Å². The number of carbonyl (C=O) groups excluding carboxylic acids is 2. The first-order valence-corrected chi connectivity index (χ1v) is 11.9. The van der Waals surface area contributed by atoms with Crippen LogP contribution < -0.4 is 5.32 Å². The molecule has 11 heteroatoms. The molecule has 6 rings (SSSR count). The van der Waals surface area contributed by atoms with E-state index in [2.05, 4.69) is 35.3 Å². The molecule has 0 spiro atoms. The van der Waals surface area contributed by atoms with Gasteiger partial charge in [-0.1, -0.05) is 18.2 Å². The highest BCUT2D eigenvalue weighted by Gasteiger charge is 2.44. The molecule has 4 aromatic heterocycles. The van der Waals surface area contributed by atoms with Gasteiger partial charge in [0.05, 0.1) is 29.5 Å². The Morgan fingerprint density at radius 1 is 1.05 bits per heavy atom. The zero-order chi connectivity index (χ0) is 26.4. The summed E-state index contributed by atoms with van der Waals surface area (Å²) in [5.74, 6) is -0.570. The van der Waals surface area contributed by atoms with Crippen LogP contribution in [0.15, 0.2) is 61.2 Å². The van der Waals surface area contributed by atoms with Gasteiger partial charge >= 0.3 is 0 Å². The van der Waals surface area contributed by atoms with Crippen molar-refractivity contribution in [3.63, 3.8) is 0 Å². The fraction of sp³-hybridized carbons (Fsp3) is 0.185. The Balaban J connectivity index is 1.51. The smallest absolute Gasteiger partial charge is 0.235 e. The van der Waals surface area contributed by atoms with Gasteiger partial charge in [-0.2, -0.15) is 5.10 Å². The van der Waals surface area contributed by atoms with Crippen LogP contribution in [0.1, 0.15) is 41.2 Å². The summed E-state index contributed by atoms with van der Waals surface area (Å²) in [6.45, 7) is 3.57. The first-order chi connectivity index (χ1) is 18.3. The van der Waals surface area contributed by atoms with Crippen molar-refractivity contribution in [3.8, 4) is 11.5 Å². The second-order valence-corrected chi connectivity index (χ2v) is 9.47. The maximum Gasteiger partial charge on any atom is 0.235 e. The van der Waals surface area contributed by atoms with Crippen LogP contribution in [-0.2, 0) is 23.2 Å². The number of nitrogens with zero attached hydrogens (tertiary/aromatic N) is 7. The van der Waals surface area contributed by atoms with Gasteiger partial charge in [0.1, 0.15) is 23.0 Å². The second kappa shape index (κ2) is 8.87. The Hall–Kier alpha value is -4.93. The van der Waals surface area contributed by atoms with E-state index in [1.54, 1.807) is 49.0 Å². The highest BCUT2D eigenvalue weighted by atomic mass is 19.1. The zero-order valence-electron chi connectivity index (χ0n) is 20.5. The number of ketones is 1. The summed E-state index contributed by atoms with van der Waals surface area (Å²) in [6.07, 6.45) is 6.11. The number of hydrogen-bond donors (Lipinski definition) is 1. The number of aromatic nitrogens is 7. The molecule has 188 valence electrons. The van der Waals surface area contributed by atoms with Crippen molar-refractivity contribution in [2.75, 3.05) is 5.32 Å². The molecule has 0 atom stereocenters. The first-order valence-electron chi connectivity index (χ1n) is 11.9. The van der Waals surface area contributed by atoms with Crippen molar-refractivity contribution in [2.24, 2.45) is 0 Å². The minimum absolute atomic E-state index is 0.0506. The number of fused-ring (bicyclic) bond motifs is 2. The fourth-order valence-corrected chi connectivity index (χ4v) is 4.57. The van der Waals surface area contributed by atoms with Crippen LogP contribution in [0.25, 0.3) is 22.6 Å². The van der Waals surface area contributed by atoms with Crippen molar-refractivity contribution in [2.45, 2.75) is 32.2 Å². The van der Waals surface area contributed by atoms with Crippen LogP contribution in [0.5, 0.6) is 0 Å². The fourth-order valence-electron chi connectivity index (χ4n) is 4.57. The molecule has 0 aliphatic carbocycles. The van der Waals surface area contributed by atoms with Gasteiger partial charge in [0, 0.05) is 35.9 Å². The lowest BCUT2D eigenvalue weighted by Crippen LogP contribution is -2.29. The Kier molecular flexibility index (Phi) is 5.48. The number of Topliss-reactive ketones (excluding diaryl/α,β-unsaturated/α-hetero) is 1. The van der Waals surface area contributed by atoms with Crippen LogP contribution >= 0.6 is 0 Å². The van der Waals surface area contributed by atoms with E-state index in [0.717, 1.165) is 0 Å². The summed E-state index contributed by atoms with van der Waals surface area (Å²) in [5.41, 5.74) is 1.30. The Labute approximate surface area is 216 Å². The van der Waals surface area contributed by atoms with Crippen LogP contribution in [0.4, 0.5) is 10.2 Å². The molecule has 1 N–H and O–H groups in total. The quantitative estimate of drug-likeness (QED) is 0.345. The molecule has 0 unspecified atom stereocenters. The maximum absolute atomic E-state index is 14.4. The van der Waals surface area contributed by atoms with Gasteiger partial charge in [0.25, 0.3) is 0 Å². The lowest BCUT2D eigenvalue weighted by molar-refractivity contribution is -0.119. The molecule has 0 saturated carbocycles. The second-order valence-electron chi connectivity index (χ2n) is 9.47. The molecule has 38 heavy (non-hydrogen) atoms. The van der Waals surface area contributed by atoms with Crippen molar-refractivity contribution in [3.05, 3.63) is 89.5 Å². The van der Waals surface area contributed by atoms with Gasteiger partial charge in [-0.05, 0) is 32.0 Å². The summed E-state index contributed by atoms with van der Waals surface area (Å²) in [5, 5.41) is 8.09. The van der Waals surface area contributed by atoms with Gasteiger partial charge in [-0.3, -0.25) is 19.6 Å². The van der Waals surface area contributed by atoms with E-state index in [9.17, 15) is 14.0 Å². The largest absolute Gasteiger partial charge is 0.310 e. The third-order valence-corrected chi connectivity index (χ3v) is 6.55. The minimum atomic E-state index is -1.02. The van der Waals surface area contributed by atoms with E-state index in [1.807, 2.05) is 6.07 Å². The highest BCUT2D eigenvalue weighted by Crippen LogP contribution is 2.40. The Morgan fingerprint density at radius 3 is 2.68 bits per heavy atom. The minimum Gasteiger partial charge on any atom is -0.310 e. The molecule has 1 aliphatic rings. The molecule has 1 aromatic carbocycles. The van der Waals surface area contributed by atoms with Crippen molar-refractivity contribution < 1.29 is 14.0 Å². The lowest BCUT2D eigenvalue weighted by Gasteiger charge is -2.17. The average Bonchev–Trinajstić information content (AvgIpc) is 3.39. The third kappa shape index (κ3) is 3.88. The first kappa shape index (κ1) is 23.5. The van der Waals surface area contributed by atoms with Crippen molar-refractivity contribution in [1.82, 2.24) is 34.7 Å². The third-order valence-electron chi connectivity index (χ3n) is 6.55. The van der Waals surface area contributed by atoms with Gasteiger partial charge in [-0.25, -0.2) is 24.0 Å². The van der Waals surface area contributed by atoms with Gasteiger partial charge in [0.15, 0.2) is 17.3 Å². The molecule has 0 fully saturated rings. The standard InChI is InChI=1S/C27H21FN8O2/c1-27(2)20-22(19(37)12-16-13-29-10-11-30-16)32-24(33-23(20)34-26(27)38)21-17-7-5-9-31-25(17)36(35-21)14-15-6-3-4-8-18(15)28/h3-11,13H,12,14H2,1-2H3,(H,32,33,34,38). The Morgan fingerprint density at radius 2 is 1.89 bits per heavy atom. The predicted octanol–water partition coefficient (Wildman–Crippen LogP) is 3.52. The molecule has 1 aliphatic heterocycles. The average molecular weight is 509 g/mol. The molecule has 1 amide bonds. The number of anilines is 1. The molecule has 10 nitrogen and oxygen atoms in total. The zero-order valence-corrected chi connectivity index (χ0v) is 20.5. The van der Waals surface area contributed by atoms with Gasteiger partial charge in [0.2, 0.25) is 5.91 Å². The number of amides is 1. The number of nitrogens with one attached hydrogen (secondary N) is 1. The molecule has 0 radical (unpaired) electrons. The summed E-state index contributed by atoms with van der Waals surface area (Å²) in [4.78, 5) is 48.3. The molecular weight excluding hydrogens is 487 g/mol. The number of carbonyl (C=O) groups is 2. The molecular formula is C27H21FN8O2. The normalized spacial score (nSPS) is 13.9. The van der Waals surface area contributed by atoms with E-state index in [4.69, 9.17) is 0 Å². The maximum atomic E-state index is 14.4.